The number of halogens is 1. The topological polar surface area (TPSA) is 69.6 Å². The van der Waals surface area contributed by atoms with E-state index in [4.69, 9.17) is 11.6 Å². The predicted molar refractivity (Wildman–Crippen MR) is 90.9 cm³/mol. The van der Waals surface area contributed by atoms with E-state index in [1.807, 2.05) is 24.3 Å². The number of rotatable bonds is 7. The Labute approximate surface area is 140 Å². The summed E-state index contributed by atoms with van der Waals surface area (Å²) < 4.78 is 0. The monoisotopic (exact) mass is 333 g/mol. The van der Waals surface area contributed by atoms with Crippen molar-refractivity contribution in [3.8, 4) is 11.5 Å². The van der Waals surface area contributed by atoms with Crippen molar-refractivity contribution in [3.63, 3.8) is 0 Å². The van der Waals surface area contributed by atoms with E-state index >= 15 is 0 Å². The van der Waals surface area contributed by atoms with Gasteiger partial charge in [0.2, 0.25) is 5.91 Å². The van der Waals surface area contributed by atoms with E-state index in [1.54, 1.807) is 6.07 Å². The third-order valence-corrected chi connectivity index (χ3v) is 3.81. The van der Waals surface area contributed by atoms with Gasteiger partial charge in [-0.3, -0.25) is 4.79 Å². The van der Waals surface area contributed by atoms with Crippen LogP contribution in [0, 0.1) is 0 Å². The summed E-state index contributed by atoms with van der Waals surface area (Å²) in [4.78, 5) is 11.8. The molecule has 0 heterocycles. The van der Waals surface area contributed by atoms with Gasteiger partial charge in [0.15, 0.2) is 11.5 Å². The summed E-state index contributed by atoms with van der Waals surface area (Å²) in [6.45, 7) is 0.504. The minimum Gasteiger partial charge on any atom is -0.504 e. The molecule has 23 heavy (non-hydrogen) atoms. The summed E-state index contributed by atoms with van der Waals surface area (Å²) in [5.41, 5.74) is 2.03. The number of carbonyl (C=O) groups excluding carboxylic acids is 1. The van der Waals surface area contributed by atoms with Crippen LogP contribution in [-0.4, -0.2) is 22.7 Å². The van der Waals surface area contributed by atoms with Crippen LogP contribution in [0.5, 0.6) is 11.5 Å². The molecule has 122 valence electrons. The van der Waals surface area contributed by atoms with E-state index in [0.29, 0.717) is 24.4 Å². The highest BCUT2D eigenvalue weighted by Gasteiger charge is 2.04. The average molecular weight is 334 g/mol. The van der Waals surface area contributed by atoms with Crippen LogP contribution in [0.25, 0.3) is 0 Å². The highest BCUT2D eigenvalue weighted by atomic mass is 35.5. The van der Waals surface area contributed by atoms with E-state index in [2.05, 4.69) is 5.32 Å². The Morgan fingerprint density at radius 1 is 0.957 bits per heavy atom. The number of nitrogens with one attached hydrogen (secondary N) is 1. The van der Waals surface area contributed by atoms with Crippen LogP contribution in [0.15, 0.2) is 42.5 Å². The molecule has 4 nitrogen and oxygen atoms in total. The van der Waals surface area contributed by atoms with E-state index in [1.165, 1.54) is 17.7 Å². The first kappa shape index (κ1) is 17.2. The Balaban J connectivity index is 1.65. The largest absolute Gasteiger partial charge is 0.504 e. The van der Waals surface area contributed by atoms with Gasteiger partial charge in [-0.05, 0) is 54.7 Å². The lowest BCUT2D eigenvalue weighted by Gasteiger charge is -2.07. The number of amides is 1. The van der Waals surface area contributed by atoms with Crippen molar-refractivity contribution < 1.29 is 15.0 Å². The minimum atomic E-state index is -0.142. The smallest absolute Gasteiger partial charge is 0.220 e. The van der Waals surface area contributed by atoms with Crippen molar-refractivity contribution >= 4 is 17.5 Å². The molecule has 0 saturated heterocycles. The maximum absolute atomic E-state index is 11.8. The van der Waals surface area contributed by atoms with Crippen LogP contribution in [0.1, 0.15) is 24.0 Å². The molecule has 2 rings (SSSR count). The van der Waals surface area contributed by atoms with E-state index in [-0.39, 0.29) is 17.4 Å². The summed E-state index contributed by atoms with van der Waals surface area (Å²) in [6, 6.07) is 12.3. The molecule has 0 fully saturated rings. The molecule has 2 aromatic carbocycles. The molecule has 0 aromatic heterocycles. The summed E-state index contributed by atoms with van der Waals surface area (Å²) in [6.07, 6.45) is 2.71. The Morgan fingerprint density at radius 3 is 2.35 bits per heavy atom. The fraction of sp³-hybridized carbons (Fsp3) is 0.278. The Bertz CT molecular complexity index is 656. The highest BCUT2D eigenvalue weighted by Crippen LogP contribution is 2.24. The van der Waals surface area contributed by atoms with E-state index in [0.717, 1.165) is 18.4 Å². The molecule has 5 heteroatoms. The van der Waals surface area contributed by atoms with Gasteiger partial charge >= 0.3 is 0 Å². The average Bonchev–Trinajstić information content (AvgIpc) is 2.53. The second-order valence-electron chi connectivity index (χ2n) is 5.40. The number of hydrogen-bond acceptors (Lipinski definition) is 3. The van der Waals surface area contributed by atoms with Crippen molar-refractivity contribution in [2.24, 2.45) is 0 Å². The molecule has 0 aliphatic heterocycles. The second kappa shape index (κ2) is 8.44. The molecular formula is C18H20ClNO3. The molecule has 0 saturated carbocycles. The molecular weight excluding hydrogens is 314 g/mol. The minimum absolute atomic E-state index is 0.0157. The van der Waals surface area contributed by atoms with Gasteiger partial charge in [-0.1, -0.05) is 29.8 Å². The van der Waals surface area contributed by atoms with Crippen LogP contribution in [0.2, 0.25) is 5.02 Å². The maximum atomic E-state index is 11.8. The summed E-state index contributed by atoms with van der Waals surface area (Å²) in [5, 5.41) is 22.2. The lowest BCUT2D eigenvalue weighted by Crippen LogP contribution is -2.25. The first-order chi connectivity index (χ1) is 11.0. The standard InChI is InChI=1S/C18H20ClNO3/c19-15-7-4-13(5-8-15)2-1-3-18(23)20-11-10-14-6-9-16(21)17(22)12-14/h4-9,12,21-22H,1-3,10-11H2,(H,20,23). The lowest BCUT2D eigenvalue weighted by molar-refractivity contribution is -0.121. The molecule has 0 spiro atoms. The molecule has 3 N–H and O–H groups in total. The zero-order valence-corrected chi connectivity index (χ0v) is 13.5. The summed E-state index contributed by atoms with van der Waals surface area (Å²) in [7, 11) is 0. The van der Waals surface area contributed by atoms with Crippen LogP contribution in [0.3, 0.4) is 0 Å². The van der Waals surface area contributed by atoms with Crippen LogP contribution < -0.4 is 5.32 Å². The molecule has 2 aromatic rings. The van der Waals surface area contributed by atoms with Crippen molar-refractivity contribution in [1.82, 2.24) is 5.32 Å². The quantitative estimate of drug-likeness (QED) is 0.680. The van der Waals surface area contributed by atoms with Gasteiger partial charge in [0.1, 0.15) is 0 Å². The number of benzene rings is 2. The third kappa shape index (κ3) is 5.83. The molecule has 0 atom stereocenters. The Hall–Kier alpha value is -2.20. The van der Waals surface area contributed by atoms with Gasteiger partial charge in [-0.15, -0.1) is 0 Å². The van der Waals surface area contributed by atoms with E-state index in [9.17, 15) is 15.0 Å². The Morgan fingerprint density at radius 2 is 1.65 bits per heavy atom. The first-order valence-corrected chi connectivity index (χ1v) is 7.94. The van der Waals surface area contributed by atoms with Crippen LogP contribution in [0.4, 0.5) is 0 Å². The number of carbonyl (C=O) groups is 1. The van der Waals surface area contributed by atoms with Gasteiger partial charge in [0.05, 0.1) is 0 Å². The van der Waals surface area contributed by atoms with Gasteiger partial charge in [0.25, 0.3) is 0 Å². The van der Waals surface area contributed by atoms with Gasteiger partial charge < -0.3 is 15.5 Å². The van der Waals surface area contributed by atoms with Crippen molar-refractivity contribution in [3.05, 3.63) is 58.6 Å². The van der Waals surface area contributed by atoms with Crippen molar-refractivity contribution in [2.45, 2.75) is 25.7 Å². The maximum Gasteiger partial charge on any atom is 0.220 e. The second-order valence-corrected chi connectivity index (χ2v) is 5.84. The fourth-order valence-electron chi connectivity index (χ4n) is 2.26. The van der Waals surface area contributed by atoms with E-state index < -0.39 is 0 Å². The highest BCUT2D eigenvalue weighted by molar-refractivity contribution is 6.30. The zero-order chi connectivity index (χ0) is 16.7. The van der Waals surface area contributed by atoms with Gasteiger partial charge in [-0.25, -0.2) is 0 Å². The SMILES string of the molecule is O=C(CCCc1ccc(Cl)cc1)NCCc1ccc(O)c(O)c1. The first-order valence-electron chi connectivity index (χ1n) is 7.56. The molecule has 1 amide bonds. The molecule has 0 unspecified atom stereocenters. The number of hydrogen-bond donors (Lipinski definition) is 3. The molecule has 0 aliphatic carbocycles. The lowest BCUT2D eigenvalue weighted by atomic mass is 10.1. The Kier molecular flexibility index (Phi) is 6.29. The van der Waals surface area contributed by atoms with Crippen LogP contribution in [-0.2, 0) is 17.6 Å². The molecule has 0 aliphatic rings. The number of aromatic hydroxyl groups is 2. The third-order valence-electron chi connectivity index (χ3n) is 3.56. The normalized spacial score (nSPS) is 10.5. The number of phenols is 2. The van der Waals surface area contributed by atoms with Crippen molar-refractivity contribution in [1.29, 1.82) is 0 Å². The number of aryl methyl sites for hydroxylation is 1. The molecule has 0 radical (unpaired) electrons. The fourth-order valence-corrected chi connectivity index (χ4v) is 2.39. The predicted octanol–water partition coefficient (Wildman–Crippen LogP) is 3.43. The van der Waals surface area contributed by atoms with Crippen LogP contribution >= 0.6 is 11.6 Å². The van der Waals surface area contributed by atoms with Crippen molar-refractivity contribution in [2.75, 3.05) is 6.54 Å². The summed E-state index contributed by atoms with van der Waals surface area (Å²) >= 11 is 5.83. The zero-order valence-electron chi connectivity index (χ0n) is 12.8. The molecule has 0 bridgehead atoms. The number of phenolic OH excluding ortho intramolecular Hbond substituents is 2. The van der Waals surface area contributed by atoms with Gasteiger partial charge in [-0.2, -0.15) is 0 Å². The summed E-state index contributed by atoms with van der Waals surface area (Å²) in [5.74, 6) is -0.265. The van der Waals surface area contributed by atoms with Gasteiger partial charge in [0, 0.05) is 18.0 Å².